The van der Waals surface area contributed by atoms with Gasteiger partial charge >= 0.3 is 5.63 Å². The van der Waals surface area contributed by atoms with Crippen molar-refractivity contribution in [2.75, 3.05) is 13.2 Å². The highest BCUT2D eigenvalue weighted by atomic mass is 16.5. The standard InChI is InChI=1S/C23H27NO3/c1-5-24(14-18-8-10-20(11-9-18)26-6-2)15-19-13-22(25)27-23-17(4)16(3)7-12-21(19)23/h7-13H,5-6,14-15H2,1-4H3. The lowest BCUT2D eigenvalue weighted by atomic mass is 10.0. The molecule has 0 aliphatic carbocycles. The first-order valence-electron chi connectivity index (χ1n) is 9.48. The van der Waals surface area contributed by atoms with Gasteiger partial charge in [-0.1, -0.05) is 31.2 Å². The summed E-state index contributed by atoms with van der Waals surface area (Å²) in [5, 5.41) is 1.02. The Labute approximate surface area is 160 Å². The Morgan fingerprint density at radius 3 is 2.41 bits per heavy atom. The number of hydrogen-bond donors (Lipinski definition) is 0. The molecule has 0 radical (unpaired) electrons. The topological polar surface area (TPSA) is 42.7 Å². The van der Waals surface area contributed by atoms with Crippen molar-refractivity contribution in [2.45, 2.75) is 40.8 Å². The van der Waals surface area contributed by atoms with E-state index in [2.05, 4.69) is 36.1 Å². The molecule has 0 unspecified atom stereocenters. The highest BCUT2D eigenvalue weighted by Crippen LogP contribution is 2.24. The van der Waals surface area contributed by atoms with Gasteiger partial charge in [0.15, 0.2) is 0 Å². The molecule has 0 saturated heterocycles. The highest BCUT2D eigenvalue weighted by Gasteiger charge is 2.13. The normalized spacial score (nSPS) is 11.3. The zero-order valence-electron chi connectivity index (χ0n) is 16.5. The average Bonchev–Trinajstić information content (AvgIpc) is 2.66. The number of ether oxygens (including phenoxy) is 1. The second-order valence-corrected chi connectivity index (χ2v) is 6.86. The number of fused-ring (bicyclic) bond motifs is 1. The van der Waals surface area contributed by atoms with Gasteiger partial charge in [0.25, 0.3) is 0 Å². The first-order chi connectivity index (χ1) is 13.0. The second kappa shape index (κ2) is 8.40. The van der Waals surface area contributed by atoms with E-state index in [9.17, 15) is 4.79 Å². The molecule has 1 aromatic heterocycles. The van der Waals surface area contributed by atoms with Gasteiger partial charge in [-0.15, -0.1) is 0 Å². The van der Waals surface area contributed by atoms with Crippen LogP contribution < -0.4 is 10.4 Å². The molecular weight excluding hydrogens is 338 g/mol. The Kier molecular flexibility index (Phi) is 5.97. The predicted octanol–water partition coefficient (Wildman–Crippen LogP) is 4.83. The summed E-state index contributed by atoms with van der Waals surface area (Å²) in [7, 11) is 0. The molecule has 3 rings (SSSR count). The molecular formula is C23H27NO3. The Bertz CT molecular complexity index is 973. The molecule has 0 aliphatic heterocycles. The lowest BCUT2D eigenvalue weighted by Gasteiger charge is -2.21. The smallest absolute Gasteiger partial charge is 0.336 e. The van der Waals surface area contributed by atoms with Gasteiger partial charge in [-0.05, 0) is 61.7 Å². The van der Waals surface area contributed by atoms with Crippen molar-refractivity contribution in [3.05, 3.63) is 75.1 Å². The van der Waals surface area contributed by atoms with Crippen LogP contribution in [-0.4, -0.2) is 18.1 Å². The SMILES string of the molecule is CCOc1ccc(CN(CC)Cc2cc(=O)oc3c(C)c(C)ccc23)cc1. The molecule has 4 heteroatoms. The van der Waals surface area contributed by atoms with Crippen LogP contribution in [0.1, 0.15) is 36.1 Å². The van der Waals surface area contributed by atoms with E-state index in [0.717, 1.165) is 40.9 Å². The summed E-state index contributed by atoms with van der Waals surface area (Å²) >= 11 is 0. The number of benzene rings is 2. The minimum atomic E-state index is -0.289. The molecule has 0 amide bonds. The van der Waals surface area contributed by atoms with Crippen LogP contribution in [0.2, 0.25) is 0 Å². The van der Waals surface area contributed by atoms with Crippen molar-refractivity contribution in [1.29, 1.82) is 0 Å². The third kappa shape index (κ3) is 4.40. The summed E-state index contributed by atoms with van der Waals surface area (Å²) in [6.45, 7) is 11.2. The van der Waals surface area contributed by atoms with Gasteiger partial charge in [0.05, 0.1) is 6.61 Å². The number of hydrogen-bond acceptors (Lipinski definition) is 4. The van der Waals surface area contributed by atoms with Crippen LogP contribution in [0.4, 0.5) is 0 Å². The van der Waals surface area contributed by atoms with E-state index < -0.39 is 0 Å². The molecule has 0 spiro atoms. The van der Waals surface area contributed by atoms with Crippen molar-refractivity contribution in [2.24, 2.45) is 0 Å². The monoisotopic (exact) mass is 365 g/mol. The second-order valence-electron chi connectivity index (χ2n) is 6.86. The van der Waals surface area contributed by atoms with E-state index in [0.29, 0.717) is 18.7 Å². The zero-order valence-corrected chi connectivity index (χ0v) is 16.5. The van der Waals surface area contributed by atoms with Gasteiger partial charge in [0.1, 0.15) is 11.3 Å². The first-order valence-corrected chi connectivity index (χ1v) is 9.48. The highest BCUT2D eigenvalue weighted by molar-refractivity contribution is 5.83. The molecule has 3 aromatic rings. The van der Waals surface area contributed by atoms with E-state index in [1.807, 2.05) is 32.9 Å². The van der Waals surface area contributed by atoms with Crippen molar-refractivity contribution in [3.8, 4) is 5.75 Å². The number of rotatable bonds is 7. The molecule has 0 aliphatic rings. The maximum Gasteiger partial charge on any atom is 0.336 e. The summed E-state index contributed by atoms with van der Waals surface area (Å²) in [5.41, 5.74) is 4.81. The lowest BCUT2D eigenvalue weighted by Crippen LogP contribution is -2.23. The van der Waals surface area contributed by atoms with Crippen LogP contribution in [0, 0.1) is 13.8 Å². The van der Waals surface area contributed by atoms with Crippen LogP contribution in [0.3, 0.4) is 0 Å². The summed E-state index contributed by atoms with van der Waals surface area (Å²) in [6, 6.07) is 14.0. The van der Waals surface area contributed by atoms with Gasteiger partial charge in [-0.2, -0.15) is 0 Å². The number of aryl methyl sites for hydroxylation is 2. The van der Waals surface area contributed by atoms with Crippen LogP contribution in [-0.2, 0) is 13.1 Å². The molecule has 2 aromatic carbocycles. The van der Waals surface area contributed by atoms with E-state index in [1.165, 1.54) is 5.56 Å². The zero-order chi connectivity index (χ0) is 19.4. The fourth-order valence-electron chi connectivity index (χ4n) is 3.29. The van der Waals surface area contributed by atoms with E-state index in [-0.39, 0.29) is 5.63 Å². The summed E-state index contributed by atoms with van der Waals surface area (Å²) in [5.74, 6) is 0.891. The molecule has 4 nitrogen and oxygen atoms in total. The van der Waals surface area contributed by atoms with E-state index >= 15 is 0 Å². The van der Waals surface area contributed by atoms with Crippen molar-refractivity contribution in [1.82, 2.24) is 4.90 Å². The molecule has 0 bridgehead atoms. The summed E-state index contributed by atoms with van der Waals surface area (Å²) in [4.78, 5) is 14.4. The van der Waals surface area contributed by atoms with Gasteiger partial charge in [0.2, 0.25) is 0 Å². The summed E-state index contributed by atoms with van der Waals surface area (Å²) in [6.07, 6.45) is 0. The fourth-order valence-corrected chi connectivity index (χ4v) is 3.29. The van der Waals surface area contributed by atoms with Crippen LogP contribution >= 0.6 is 0 Å². The minimum absolute atomic E-state index is 0.289. The maximum absolute atomic E-state index is 12.1. The molecule has 0 saturated carbocycles. The van der Waals surface area contributed by atoms with Crippen molar-refractivity contribution >= 4 is 11.0 Å². The van der Waals surface area contributed by atoms with Crippen molar-refractivity contribution in [3.63, 3.8) is 0 Å². The Balaban J connectivity index is 1.86. The third-order valence-electron chi connectivity index (χ3n) is 5.00. The molecule has 0 N–H and O–H groups in total. The van der Waals surface area contributed by atoms with Gasteiger partial charge in [-0.25, -0.2) is 4.79 Å². The van der Waals surface area contributed by atoms with Crippen LogP contribution in [0.5, 0.6) is 5.75 Å². The minimum Gasteiger partial charge on any atom is -0.494 e. The van der Waals surface area contributed by atoms with Crippen LogP contribution in [0.15, 0.2) is 51.7 Å². The Morgan fingerprint density at radius 2 is 1.74 bits per heavy atom. The molecule has 0 fully saturated rings. The predicted molar refractivity (Wildman–Crippen MR) is 109 cm³/mol. The number of nitrogens with zero attached hydrogens (tertiary/aromatic N) is 1. The maximum atomic E-state index is 12.1. The van der Waals surface area contributed by atoms with Gasteiger partial charge < -0.3 is 9.15 Å². The molecule has 142 valence electrons. The van der Waals surface area contributed by atoms with Crippen LogP contribution in [0.25, 0.3) is 11.0 Å². The van der Waals surface area contributed by atoms with E-state index in [1.54, 1.807) is 6.07 Å². The Morgan fingerprint density at radius 1 is 1.00 bits per heavy atom. The third-order valence-corrected chi connectivity index (χ3v) is 5.00. The summed E-state index contributed by atoms with van der Waals surface area (Å²) < 4.78 is 11.0. The molecule has 1 heterocycles. The fraction of sp³-hybridized carbons (Fsp3) is 0.348. The largest absolute Gasteiger partial charge is 0.494 e. The van der Waals surface area contributed by atoms with E-state index in [4.69, 9.17) is 9.15 Å². The van der Waals surface area contributed by atoms with Gasteiger partial charge in [-0.3, -0.25) is 4.90 Å². The van der Waals surface area contributed by atoms with Crippen molar-refractivity contribution < 1.29 is 9.15 Å². The average molecular weight is 365 g/mol. The first kappa shape index (κ1) is 19.2. The van der Waals surface area contributed by atoms with Gasteiger partial charge in [0, 0.05) is 24.5 Å². The molecule has 27 heavy (non-hydrogen) atoms. The quantitative estimate of drug-likeness (QED) is 0.563. The Hall–Kier alpha value is -2.59. The molecule has 0 atom stereocenters. The lowest BCUT2D eigenvalue weighted by molar-refractivity contribution is 0.271.